The van der Waals surface area contributed by atoms with Crippen molar-refractivity contribution in [1.82, 2.24) is 15.5 Å². The number of amides is 2. The van der Waals surface area contributed by atoms with E-state index in [-0.39, 0.29) is 17.4 Å². The molecule has 0 bridgehead atoms. The van der Waals surface area contributed by atoms with E-state index in [0.29, 0.717) is 32.2 Å². The zero-order valence-corrected chi connectivity index (χ0v) is 19.6. The first-order chi connectivity index (χ1) is 15.3. The fourth-order valence-corrected chi connectivity index (χ4v) is 3.34. The minimum absolute atomic E-state index is 0.0983. The number of nitrogens with zero attached hydrogens (tertiary/aromatic N) is 1. The third-order valence-electron chi connectivity index (χ3n) is 4.76. The lowest BCUT2D eigenvalue weighted by molar-refractivity contribution is -0.147. The second-order valence-electron chi connectivity index (χ2n) is 7.74. The Balaban J connectivity index is 1.92. The minimum atomic E-state index is -0.821. The van der Waals surface area contributed by atoms with Gasteiger partial charge < -0.3 is 19.7 Å². The molecule has 0 radical (unpaired) electrons. The van der Waals surface area contributed by atoms with Gasteiger partial charge >= 0.3 is 5.97 Å². The second-order valence-corrected chi connectivity index (χ2v) is 8.12. The Hall–Kier alpha value is -2.94. The van der Waals surface area contributed by atoms with Crippen LogP contribution in [-0.4, -0.2) is 60.1 Å². The number of thiocarbonyl (C=S) groups is 1. The van der Waals surface area contributed by atoms with Crippen LogP contribution < -0.4 is 15.4 Å². The van der Waals surface area contributed by atoms with Crippen LogP contribution in [0, 0.1) is 5.92 Å². The van der Waals surface area contributed by atoms with E-state index in [1.54, 1.807) is 11.0 Å². The molecular weight excluding hydrogens is 430 g/mol. The molecule has 0 saturated carbocycles. The topological polar surface area (TPSA) is 97.0 Å². The molecule has 0 spiro atoms. The number of hydrogen-bond acceptors (Lipinski definition) is 6. The predicted molar refractivity (Wildman–Crippen MR) is 126 cm³/mol. The fourth-order valence-electron chi connectivity index (χ4n) is 3.02. The fraction of sp³-hybridized carbons (Fsp3) is 0.478. The molecule has 1 aromatic rings. The van der Waals surface area contributed by atoms with Crippen LogP contribution in [0.3, 0.4) is 0 Å². The maximum atomic E-state index is 12.3. The van der Waals surface area contributed by atoms with Crippen molar-refractivity contribution in [2.45, 2.75) is 39.7 Å². The molecule has 1 atom stereocenters. The Labute approximate surface area is 194 Å². The Kier molecular flexibility index (Phi) is 10.1. The number of ether oxygens (including phenoxy) is 2. The highest BCUT2D eigenvalue weighted by Crippen LogP contribution is 2.14. The standard InChI is InChI=1S/C23H31N3O5S/c1-4-30-18-8-5-17(6-9-18)7-10-20(27)25-23(32)26-13-12-24-22(29)19(26)15-21(28)31-14-11-16(2)3/h5-10,16,19H,4,11-15H2,1-3H3,(H,24,29)(H,25,27,32)/b10-7+. The number of benzene rings is 1. The van der Waals surface area contributed by atoms with E-state index < -0.39 is 17.9 Å². The van der Waals surface area contributed by atoms with Crippen LogP contribution in [-0.2, 0) is 19.1 Å². The van der Waals surface area contributed by atoms with Gasteiger partial charge in [0.15, 0.2) is 5.11 Å². The van der Waals surface area contributed by atoms with Gasteiger partial charge in [-0.25, -0.2) is 0 Å². The number of nitrogens with one attached hydrogen (secondary N) is 2. The van der Waals surface area contributed by atoms with E-state index in [4.69, 9.17) is 21.7 Å². The zero-order chi connectivity index (χ0) is 23.5. The first-order valence-electron chi connectivity index (χ1n) is 10.8. The first-order valence-corrected chi connectivity index (χ1v) is 11.2. The van der Waals surface area contributed by atoms with Gasteiger partial charge in [-0.05, 0) is 55.3 Å². The molecule has 1 heterocycles. The van der Waals surface area contributed by atoms with Crippen molar-refractivity contribution < 1.29 is 23.9 Å². The molecule has 0 aliphatic carbocycles. The summed E-state index contributed by atoms with van der Waals surface area (Å²) in [5.74, 6) is -0.0444. The summed E-state index contributed by atoms with van der Waals surface area (Å²) in [5, 5.41) is 5.43. The highest BCUT2D eigenvalue weighted by molar-refractivity contribution is 7.80. The molecule has 2 amide bonds. The molecule has 1 saturated heterocycles. The van der Waals surface area contributed by atoms with E-state index in [9.17, 15) is 14.4 Å². The van der Waals surface area contributed by atoms with Crippen LogP contribution >= 0.6 is 12.2 Å². The number of esters is 1. The average molecular weight is 462 g/mol. The lowest BCUT2D eigenvalue weighted by Crippen LogP contribution is -2.60. The third kappa shape index (κ3) is 8.30. The Bertz CT molecular complexity index is 839. The number of rotatable bonds is 9. The molecule has 32 heavy (non-hydrogen) atoms. The quantitative estimate of drug-likeness (QED) is 0.331. The zero-order valence-electron chi connectivity index (χ0n) is 18.8. The van der Waals surface area contributed by atoms with Gasteiger partial charge in [0.05, 0.1) is 19.6 Å². The first kappa shape index (κ1) is 25.3. The lowest BCUT2D eigenvalue weighted by Gasteiger charge is -2.36. The summed E-state index contributed by atoms with van der Waals surface area (Å²) < 4.78 is 10.6. The third-order valence-corrected chi connectivity index (χ3v) is 5.09. The summed E-state index contributed by atoms with van der Waals surface area (Å²) in [6, 6.07) is 6.50. The normalized spacial score (nSPS) is 16.1. The molecule has 2 N–H and O–H groups in total. The van der Waals surface area contributed by atoms with Gasteiger partial charge in [-0.15, -0.1) is 0 Å². The Morgan fingerprint density at radius 1 is 1.31 bits per heavy atom. The summed E-state index contributed by atoms with van der Waals surface area (Å²) >= 11 is 5.34. The van der Waals surface area contributed by atoms with Gasteiger partial charge in [-0.1, -0.05) is 26.0 Å². The van der Waals surface area contributed by atoms with Crippen molar-refractivity contribution in [2.24, 2.45) is 5.92 Å². The molecule has 8 nitrogen and oxygen atoms in total. The van der Waals surface area contributed by atoms with E-state index in [1.165, 1.54) is 6.08 Å². The van der Waals surface area contributed by atoms with Crippen LogP contribution in [0.4, 0.5) is 0 Å². The number of hydrogen-bond donors (Lipinski definition) is 2. The maximum absolute atomic E-state index is 12.3. The number of carbonyl (C=O) groups excluding carboxylic acids is 3. The lowest BCUT2D eigenvalue weighted by atomic mass is 10.1. The summed E-state index contributed by atoms with van der Waals surface area (Å²) in [7, 11) is 0. The van der Waals surface area contributed by atoms with Gasteiger partial charge in [-0.2, -0.15) is 0 Å². The molecular formula is C23H31N3O5S. The summed E-state index contributed by atoms with van der Waals surface area (Å²) in [6.07, 6.45) is 3.63. The monoisotopic (exact) mass is 461 g/mol. The van der Waals surface area contributed by atoms with Crippen molar-refractivity contribution >= 4 is 41.2 Å². The highest BCUT2D eigenvalue weighted by Gasteiger charge is 2.34. The van der Waals surface area contributed by atoms with Crippen molar-refractivity contribution in [3.63, 3.8) is 0 Å². The minimum Gasteiger partial charge on any atom is -0.494 e. The molecule has 9 heteroatoms. The van der Waals surface area contributed by atoms with Gasteiger partial charge in [-0.3, -0.25) is 19.7 Å². The van der Waals surface area contributed by atoms with Crippen LogP contribution in [0.25, 0.3) is 6.08 Å². The molecule has 1 unspecified atom stereocenters. The van der Waals surface area contributed by atoms with Crippen molar-refractivity contribution in [3.8, 4) is 5.75 Å². The molecule has 1 aliphatic heterocycles. The molecule has 1 aromatic carbocycles. The van der Waals surface area contributed by atoms with E-state index >= 15 is 0 Å². The maximum Gasteiger partial charge on any atom is 0.308 e. The molecule has 0 aromatic heterocycles. The van der Waals surface area contributed by atoms with E-state index in [1.807, 2.05) is 45.0 Å². The largest absolute Gasteiger partial charge is 0.494 e. The Morgan fingerprint density at radius 3 is 2.69 bits per heavy atom. The SMILES string of the molecule is CCOc1ccc(/C=C/C(=O)NC(=S)N2CCNC(=O)C2CC(=O)OCCC(C)C)cc1. The van der Waals surface area contributed by atoms with Gasteiger partial charge in [0, 0.05) is 19.2 Å². The van der Waals surface area contributed by atoms with Gasteiger partial charge in [0.2, 0.25) is 11.8 Å². The van der Waals surface area contributed by atoms with E-state index in [0.717, 1.165) is 17.7 Å². The second kappa shape index (κ2) is 12.8. The Morgan fingerprint density at radius 2 is 2.03 bits per heavy atom. The van der Waals surface area contributed by atoms with Crippen LogP contribution in [0.5, 0.6) is 5.75 Å². The van der Waals surface area contributed by atoms with Crippen molar-refractivity contribution in [2.75, 3.05) is 26.3 Å². The molecule has 1 aliphatic rings. The summed E-state index contributed by atoms with van der Waals surface area (Å²) in [5.41, 5.74) is 0.828. The average Bonchev–Trinajstić information content (AvgIpc) is 2.74. The van der Waals surface area contributed by atoms with Crippen molar-refractivity contribution in [1.29, 1.82) is 0 Å². The molecule has 1 fully saturated rings. The number of piperazine rings is 1. The number of carbonyl (C=O) groups is 3. The van der Waals surface area contributed by atoms with Crippen LogP contribution in [0.1, 0.15) is 39.2 Å². The highest BCUT2D eigenvalue weighted by atomic mass is 32.1. The summed E-state index contributed by atoms with van der Waals surface area (Å²) in [4.78, 5) is 38.4. The van der Waals surface area contributed by atoms with E-state index in [2.05, 4.69) is 10.6 Å². The van der Waals surface area contributed by atoms with Crippen LogP contribution in [0.15, 0.2) is 30.3 Å². The molecule has 2 rings (SSSR count). The van der Waals surface area contributed by atoms with Crippen molar-refractivity contribution in [3.05, 3.63) is 35.9 Å². The smallest absolute Gasteiger partial charge is 0.308 e. The molecule has 174 valence electrons. The van der Waals surface area contributed by atoms with Gasteiger partial charge in [0.1, 0.15) is 11.8 Å². The predicted octanol–water partition coefficient (Wildman–Crippen LogP) is 2.28. The van der Waals surface area contributed by atoms with Crippen LogP contribution in [0.2, 0.25) is 0 Å². The van der Waals surface area contributed by atoms with Gasteiger partial charge in [0.25, 0.3) is 0 Å². The summed E-state index contributed by atoms with van der Waals surface area (Å²) in [6.45, 7) is 7.63.